The monoisotopic (exact) mass is 406 g/mol. The molecule has 0 aromatic rings. The van der Waals surface area contributed by atoms with Gasteiger partial charge in [-0.25, -0.2) is 0 Å². The average molecular weight is 409 g/mol. The number of hydrogen-bond acceptors (Lipinski definition) is 2. The minimum Gasteiger partial charge on any atom is -0.347 e. The largest absolute Gasteiger partial charge is 0.347 e. The normalized spacial score (nSPS) is 13.8. The van der Waals surface area contributed by atoms with Crippen LogP contribution in [0.3, 0.4) is 0 Å². The summed E-state index contributed by atoms with van der Waals surface area (Å²) < 4.78 is 6.67. The van der Waals surface area contributed by atoms with E-state index in [1.807, 2.05) is 6.92 Å². The van der Waals surface area contributed by atoms with Crippen LogP contribution in [0.4, 0.5) is 0 Å². The van der Waals surface area contributed by atoms with E-state index < -0.39 is 13.6 Å². The van der Waals surface area contributed by atoms with Crippen LogP contribution in [0.1, 0.15) is 52.4 Å². The van der Waals surface area contributed by atoms with E-state index in [0.29, 0.717) is 25.9 Å². The van der Waals surface area contributed by atoms with Crippen molar-refractivity contribution in [1.29, 1.82) is 0 Å². The molecule has 0 aliphatic carbocycles. The maximum Gasteiger partial charge on any atom is 0.220 e. The molecule has 0 aliphatic rings. The van der Waals surface area contributed by atoms with Crippen LogP contribution >= 0.6 is 69.6 Å². The summed E-state index contributed by atoms with van der Waals surface area (Å²) in [6.07, 6.45) is 3.72. The highest BCUT2D eigenvalue weighted by Gasteiger charge is 2.35. The highest BCUT2D eigenvalue weighted by molar-refractivity contribution is 6.50. The van der Waals surface area contributed by atoms with Crippen LogP contribution in [-0.4, -0.2) is 20.2 Å². The molecule has 0 rings (SSSR count). The molecule has 0 unspecified atom stereocenters. The molecule has 0 saturated heterocycles. The van der Waals surface area contributed by atoms with Gasteiger partial charge in [-0.15, -0.1) is 0 Å². The molecule has 0 heterocycles. The second kappa shape index (κ2) is 9.72. The lowest BCUT2D eigenvalue weighted by Crippen LogP contribution is -2.29. The Hall–Kier alpha value is 1.66. The molecule has 122 valence electrons. The van der Waals surface area contributed by atoms with Crippen molar-refractivity contribution in [2.45, 2.75) is 65.9 Å². The number of unbranched alkanes of at least 4 members (excludes halogenated alkanes) is 2. The van der Waals surface area contributed by atoms with Gasteiger partial charge < -0.3 is 9.47 Å². The summed E-state index contributed by atoms with van der Waals surface area (Å²) in [5.74, 6) is 0. The van der Waals surface area contributed by atoms with E-state index in [2.05, 4.69) is 0 Å². The van der Waals surface area contributed by atoms with Gasteiger partial charge in [-0.2, -0.15) is 0 Å². The van der Waals surface area contributed by atoms with Crippen LogP contribution in [0.25, 0.3) is 0 Å². The number of alkyl halides is 6. The van der Waals surface area contributed by atoms with E-state index in [0.717, 1.165) is 19.3 Å². The van der Waals surface area contributed by atoms with Crippen LogP contribution in [0.2, 0.25) is 0 Å². The molecule has 0 saturated carbocycles. The van der Waals surface area contributed by atoms with Gasteiger partial charge in [0.1, 0.15) is 0 Å². The minimum absolute atomic E-state index is 0.385. The molecular weight excluding hydrogens is 389 g/mol. The smallest absolute Gasteiger partial charge is 0.220 e. The first-order chi connectivity index (χ1) is 9.04. The molecule has 0 amide bonds. The van der Waals surface area contributed by atoms with Gasteiger partial charge in [0.05, 0.1) is 6.61 Å². The third-order valence-electron chi connectivity index (χ3n) is 2.55. The number of rotatable bonds is 11. The average Bonchev–Trinajstić information content (AvgIpc) is 2.32. The molecule has 0 fully saturated rings. The van der Waals surface area contributed by atoms with Gasteiger partial charge in [0.2, 0.25) is 13.6 Å². The van der Waals surface area contributed by atoms with Gasteiger partial charge in [0, 0.05) is 19.3 Å². The Morgan fingerprint density at radius 2 is 1.25 bits per heavy atom. The fraction of sp³-hybridized carbons (Fsp3) is 1.00. The quantitative estimate of drug-likeness (QED) is 0.276. The van der Waals surface area contributed by atoms with Crippen LogP contribution in [0.5, 0.6) is 0 Å². The van der Waals surface area contributed by atoms with Gasteiger partial charge in [-0.3, -0.25) is 0 Å². The molecule has 0 N–H and O–H groups in total. The predicted octanol–water partition coefficient (Wildman–Crippen LogP) is 6.79. The fourth-order valence-electron chi connectivity index (χ4n) is 1.27. The molecule has 20 heavy (non-hydrogen) atoms. The van der Waals surface area contributed by atoms with E-state index in [1.165, 1.54) is 0 Å². The third-order valence-corrected chi connectivity index (χ3v) is 4.52. The minimum atomic E-state index is -1.40. The first-order valence-corrected chi connectivity index (χ1v) is 8.78. The molecule has 0 atom stereocenters. The fourth-order valence-corrected chi connectivity index (χ4v) is 2.38. The van der Waals surface area contributed by atoms with Gasteiger partial charge in [0.25, 0.3) is 0 Å². The molecule has 0 aromatic heterocycles. The Bertz CT molecular complexity index is 271. The molecule has 0 aromatic carbocycles. The standard InChI is InChI=1S/C12H20Cl6O2/c1-3-10(13,14)19-9-7-5-6-8-12(17,18)20-11(15,16)4-2/h3-9H2,1-2H3. The topological polar surface area (TPSA) is 18.5 Å². The first-order valence-electron chi connectivity index (χ1n) is 6.51. The summed E-state index contributed by atoms with van der Waals surface area (Å²) in [4.78, 5) is 0. The molecule has 0 bridgehead atoms. The molecule has 0 radical (unpaired) electrons. The Morgan fingerprint density at radius 1 is 0.700 bits per heavy atom. The number of hydrogen-bond donors (Lipinski definition) is 0. The lowest BCUT2D eigenvalue weighted by atomic mass is 10.2. The lowest BCUT2D eigenvalue weighted by molar-refractivity contribution is 0.0192. The van der Waals surface area contributed by atoms with Crippen molar-refractivity contribution in [2.24, 2.45) is 0 Å². The summed E-state index contributed by atoms with van der Waals surface area (Å²) in [5.41, 5.74) is 0. The van der Waals surface area contributed by atoms with E-state index in [1.54, 1.807) is 6.92 Å². The highest BCUT2D eigenvalue weighted by atomic mass is 35.5. The second-order valence-electron chi connectivity index (χ2n) is 4.38. The number of ether oxygens (including phenoxy) is 2. The van der Waals surface area contributed by atoms with Gasteiger partial charge in [-0.1, -0.05) is 89.9 Å². The van der Waals surface area contributed by atoms with Gasteiger partial charge in [-0.05, 0) is 12.8 Å². The Kier molecular flexibility index (Phi) is 10.5. The Morgan fingerprint density at radius 3 is 1.75 bits per heavy atom. The van der Waals surface area contributed by atoms with Gasteiger partial charge >= 0.3 is 0 Å². The van der Waals surface area contributed by atoms with E-state index >= 15 is 0 Å². The summed E-state index contributed by atoms with van der Waals surface area (Å²) >= 11 is 35.4. The molecule has 8 heteroatoms. The zero-order valence-corrected chi connectivity index (χ0v) is 16.1. The number of halogens is 6. The van der Waals surface area contributed by atoms with Crippen molar-refractivity contribution < 1.29 is 9.47 Å². The maximum atomic E-state index is 6.01. The van der Waals surface area contributed by atoms with Crippen molar-refractivity contribution in [2.75, 3.05) is 6.61 Å². The molecule has 2 nitrogen and oxygen atoms in total. The van der Waals surface area contributed by atoms with Crippen molar-refractivity contribution in [3.63, 3.8) is 0 Å². The zero-order valence-electron chi connectivity index (χ0n) is 11.5. The van der Waals surface area contributed by atoms with Gasteiger partial charge in [0.15, 0.2) is 0 Å². The highest BCUT2D eigenvalue weighted by Crippen LogP contribution is 2.39. The Balaban J connectivity index is 3.79. The summed E-state index contributed by atoms with van der Waals surface area (Å²) in [6.45, 7) is 4.10. The molecular formula is C12H20Cl6O2. The van der Waals surface area contributed by atoms with E-state index in [4.69, 9.17) is 79.1 Å². The van der Waals surface area contributed by atoms with Crippen molar-refractivity contribution in [3.8, 4) is 0 Å². The van der Waals surface area contributed by atoms with Crippen LogP contribution in [0.15, 0.2) is 0 Å². The first kappa shape index (κ1) is 21.7. The lowest BCUT2D eigenvalue weighted by Gasteiger charge is -2.28. The van der Waals surface area contributed by atoms with E-state index in [9.17, 15) is 0 Å². The molecule has 0 spiro atoms. The molecule has 0 aliphatic heterocycles. The second-order valence-corrected chi connectivity index (χ2v) is 8.62. The maximum absolute atomic E-state index is 6.01. The van der Waals surface area contributed by atoms with E-state index in [-0.39, 0.29) is 0 Å². The third kappa shape index (κ3) is 11.3. The van der Waals surface area contributed by atoms with Crippen molar-refractivity contribution in [1.82, 2.24) is 0 Å². The van der Waals surface area contributed by atoms with Crippen molar-refractivity contribution in [3.05, 3.63) is 0 Å². The van der Waals surface area contributed by atoms with Crippen LogP contribution < -0.4 is 0 Å². The Labute approximate surface area is 151 Å². The summed E-state index contributed by atoms with van der Waals surface area (Å²) in [7, 11) is 0. The summed E-state index contributed by atoms with van der Waals surface area (Å²) in [5, 5.41) is 0. The predicted molar refractivity (Wildman–Crippen MR) is 89.4 cm³/mol. The zero-order chi connectivity index (χ0) is 15.9. The van der Waals surface area contributed by atoms with Crippen LogP contribution in [-0.2, 0) is 9.47 Å². The SMILES string of the molecule is CCC(Cl)(Cl)OCCCCCC(Cl)(Cl)OC(Cl)(Cl)CC. The van der Waals surface area contributed by atoms with Crippen LogP contribution in [0, 0.1) is 0 Å². The van der Waals surface area contributed by atoms with Crippen molar-refractivity contribution >= 4 is 69.6 Å². The summed E-state index contributed by atoms with van der Waals surface area (Å²) in [6, 6.07) is 0.